The van der Waals surface area contributed by atoms with Crippen LogP contribution in [-0.4, -0.2) is 5.33 Å². The van der Waals surface area contributed by atoms with Crippen molar-refractivity contribution in [1.29, 1.82) is 0 Å². The summed E-state index contributed by atoms with van der Waals surface area (Å²) in [5, 5.41) is 5.98. The lowest BCUT2D eigenvalue weighted by molar-refractivity contribution is 1.70. The molecule has 0 aliphatic rings. The predicted molar refractivity (Wildman–Crippen MR) is 117 cm³/mol. The molecular formula is C23H21BrP+. The second-order valence-electron chi connectivity index (χ2n) is 5.73. The van der Waals surface area contributed by atoms with Gasteiger partial charge in [-0.15, -0.1) is 0 Å². The van der Waals surface area contributed by atoms with Crippen LogP contribution in [0.1, 0.15) is 0 Å². The highest BCUT2D eigenvalue weighted by molar-refractivity contribution is 9.09. The lowest BCUT2D eigenvalue weighted by atomic mass is 10.3. The van der Waals surface area contributed by atoms with Gasteiger partial charge in [-0.3, -0.25) is 0 Å². The molecular weight excluding hydrogens is 387 g/mol. The van der Waals surface area contributed by atoms with Crippen molar-refractivity contribution in [2.24, 2.45) is 0 Å². The van der Waals surface area contributed by atoms with E-state index < -0.39 is 7.26 Å². The van der Waals surface area contributed by atoms with Crippen LogP contribution in [0, 0.1) is 0 Å². The van der Waals surface area contributed by atoms with Gasteiger partial charge in [0.05, 0.1) is 0 Å². The van der Waals surface area contributed by atoms with Gasteiger partial charge >= 0.3 is 0 Å². The molecule has 0 aliphatic carbocycles. The zero-order valence-corrected chi connectivity index (χ0v) is 16.5. The molecule has 0 saturated heterocycles. The fraction of sp³-hybridized carbons (Fsp3) is 0.0435. The first kappa shape index (κ1) is 17.9. The maximum Gasteiger partial charge on any atom is 0.143 e. The Morgan fingerprint density at radius 3 is 1.40 bits per heavy atom. The molecule has 0 fully saturated rings. The van der Waals surface area contributed by atoms with E-state index in [-0.39, 0.29) is 0 Å². The van der Waals surface area contributed by atoms with Crippen molar-refractivity contribution in [1.82, 2.24) is 0 Å². The Labute approximate surface area is 159 Å². The van der Waals surface area contributed by atoms with Crippen molar-refractivity contribution in [2.45, 2.75) is 0 Å². The van der Waals surface area contributed by atoms with E-state index in [9.17, 15) is 0 Å². The zero-order chi connectivity index (χ0) is 17.5. The summed E-state index contributed by atoms with van der Waals surface area (Å²) in [4.78, 5) is 0. The summed E-state index contributed by atoms with van der Waals surface area (Å²) in [6, 6.07) is 32.4. The summed E-state index contributed by atoms with van der Waals surface area (Å²) in [6.45, 7) is 4.54. The summed E-state index contributed by atoms with van der Waals surface area (Å²) >= 11 is 3.50. The molecule has 0 unspecified atom stereocenters. The molecule has 0 heterocycles. The van der Waals surface area contributed by atoms with E-state index in [4.69, 9.17) is 0 Å². The molecule has 3 aromatic rings. The first-order chi connectivity index (χ1) is 12.3. The van der Waals surface area contributed by atoms with E-state index in [1.807, 2.05) is 0 Å². The number of rotatable bonds is 6. The molecule has 0 amide bonds. The Kier molecular flexibility index (Phi) is 6.02. The number of hydrogen-bond donors (Lipinski definition) is 0. The van der Waals surface area contributed by atoms with Crippen LogP contribution < -0.4 is 15.9 Å². The Hall–Kier alpha value is -1.95. The molecule has 0 aliphatic heterocycles. The van der Waals surface area contributed by atoms with Gasteiger partial charge in [-0.05, 0) is 42.5 Å². The van der Waals surface area contributed by atoms with Crippen LogP contribution in [0.4, 0.5) is 0 Å². The summed E-state index contributed by atoms with van der Waals surface area (Å²) in [5.74, 6) is 0. The average Bonchev–Trinajstić information content (AvgIpc) is 2.69. The fourth-order valence-corrected chi connectivity index (χ4v) is 7.46. The second kappa shape index (κ2) is 8.43. The quantitative estimate of drug-likeness (QED) is 0.289. The van der Waals surface area contributed by atoms with Gasteiger partial charge in [-0.25, -0.2) is 0 Å². The molecule has 3 aromatic carbocycles. The van der Waals surface area contributed by atoms with Gasteiger partial charge in [-0.2, -0.15) is 0 Å². The standard InChI is InChI=1S/C23H21BrP/c1-20(12-11-19-24)25(21-13-5-2-6-14-21,22-15-7-3-8-16-22)23-17-9-4-10-18-23/h2-18H,1,19H2/q+1/b12-11+. The van der Waals surface area contributed by atoms with Gasteiger partial charge < -0.3 is 0 Å². The lowest BCUT2D eigenvalue weighted by Gasteiger charge is -2.27. The lowest BCUT2D eigenvalue weighted by Crippen LogP contribution is -2.31. The van der Waals surface area contributed by atoms with Gasteiger partial charge in [0.2, 0.25) is 0 Å². The van der Waals surface area contributed by atoms with E-state index in [1.54, 1.807) is 0 Å². The zero-order valence-electron chi connectivity index (χ0n) is 14.1. The molecule has 0 saturated carbocycles. The van der Waals surface area contributed by atoms with Crippen LogP contribution >= 0.6 is 23.2 Å². The van der Waals surface area contributed by atoms with E-state index in [0.717, 1.165) is 10.6 Å². The summed E-state index contributed by atoms with van der Waals surface area (Å²) in [7, 11) is -1.98. The monoisotopic (exact) mass is 407 g/mol. The SMILES string of the molecule is C=C(/C=C/CBr)[P+](c1ccccc1)(c1ccccc1)c1ccccc1. The van der Waals surface area contributed by atoms with Crippen molar-refractivity contribution in [3.63, 3.8) is 0 Å². The minimum Gasteiger partial charge on any atom is -0.0883 e. The van der Waals surface area contributed by atoms with E-state index in [0.29, 0.717) is 0 Å². The minimum atomic E-state index is -1.98. The molecule has 0 nitrogen and oxygen atoms in total. The molecule has 2 heteroatoms. The Balaban J connectivity index is 2.36. The van der Waals surface area contributed by atoms with Crippen LogP contribution in [0.15, 0.2) is 115 Å². The first-order valence-corrected chi connectivity index (χ1v) is 11.2. The number of alkyl halides is 1. The third-order valence-electron chi connectivity index (χ3n) is 4.26. The molecule has 25 heavy (non-hydrogen) atoms. The fourth-order valence-electron chi connectivity index (χ4n) is 3.19. The number of halogens is 1. The summed E-state index contributed by atoms with van der Waals surface area (Å²) in [5.41, 5.74) is 0. The van der Waals surface area contributed by atoms with Crippen molar-refractivity contribution in [2.75, 3.05) is 5.33 Å². The van der Waals surface area contributed by atoms with Gasteiger partial charge in [0.25, 0.3) is 0 Å². The third kappa shape index (κ3) is 3.54. The Bertz CT molecular complexity index is 742. The molecule has 0 bridgehead atoms. The molecule has 0 radical (unpaired) electrons. The molecule has 0 N–H and O–H groups in total. The van der Waals surface area contributed by atoms with Crippen LogP contribution in [0.3, 0.4) is 0 Å². The maximum atomic E-state index is 4.54. The van der Waals surface area contributed by atoms with Crippen molar-refractivity contribution >= 4 is 39.1 Å². The van der Waals surface area contributed by atoms with E-state index in [2.05, 4.69) is 126 Å². The molecule has 124 valence electrons. The summed E-state index contributed by atoms with van der Waals surface area (Å²) in [6.07, 6.45) is 4.31. The van der Waals surface area contributed by atoms with Gasteiger partial charge in [-0.1, -0.05) is 83.2 Å². The topological polar surface area (TPSA) is 0 Å². The van der Waals surface area contributed by atoms with E-state index >= 15 is 0 Å². The van der Waals surface area contributed by atoms with Crippen LogP contribution in [0.25, 0.3) is 0 Å². The highest BCUT2D eigenvalue weighted by Crippen LogP contribution is 2.62. The normalized spacial score (nSPS) is 11.6. The third-order valence-corrected chi connectivity index (χ3v) is 8.86. The summed E-state index contributed by atoms with van der Waals surface area (Å²) < 4.78 is 0. The second-order valence-corrected chi connectivity index (χ2v) is 9.84. The molecule has 0 spiro atoms. The van der Waals surface area contributed by atoms with Crippen LogP contribution in [0.5, 0.6) is 0 Å². The molecule has 0 atom stereocenters. The first-order valence-electron chi connectivity index (χ1n) is 8.28. The number of allylic oxidation sites excluding steroid dienone is 3. The highest BCUT2D eigenvalue weighted by Gasteiger charge is 2.47. The molecule has 3 rings (SSSR count). The number of hydrogen-bond acceptors (Lipinski definition) is 0. The number of benzene rings is 3. The molecule has 0 aromatic heterocycles. The predicted octanol–water partition coefficient (Wildman–Crippen LogP) is 5.45. The van der Waals surface area contributed by atoms with Crippen molar-refractivity contribution in [3.05, 3.63) is 115 Å². The van der Waals surface area contributed by atoms with Crippen LogP contribution in [-0.2, 0) is 0 Å². The minimum absolute atomic E-state index is 0.824. The average molecular weight is 408 g/mol. The van der Waals surface area contributed by atoms with Crippen LogP contribution in [0.2, 0.25) is 0 Å². The Morgan fingerprint density at radius 2 is 1.08 bits per heavy atom. The maximum absolute atomic E-state index is 4.54. The van der Waals surface area contributed by atoms with Gasteiger partial charge in [0, 0.05) is 5.33 Å². The van der Waals surface area contributed by atoms with Gasteiger partial charge in [0.15, 0.2) is 0 Å². The van der Waals surface area contributed by atoms with Crippen molar-refractivity contribution < 1.29 is 0 Å². The Morgan fingerprint density at radius 1 is 0.720 bits per heavy atom. The van der Waals surface area contributed by atoms with Gasteiger partial charge in [0.1, 0.15) is 28.5 Å². The largest absolute Gasteiger partial charge is 0.143 e. The van der Waals surface area contributed by atoms with Crippen molar-refractivity contribution in [3.8, 4) is 0 Å². The smallest absolute Gasteiger partial charge is 0.0883 e. The van der Waals surface area contributed by atoms with E-state index in [1.165, 1.54) is 15.9 Å². The highest BCUT2D eigenvalue weighted by atomic mass is 79.9.